The van der Waals surface area contributed by atoms with E-state index in [2.05, 4.69) is 10.6 Å². The zero-order valence-corrected chi connectivity index (χ0v) is 16.5. The van der Waals surface area contributed by atoms with E-state index in [0.29, 0.717) is 11.3 Å². The van der Waals surface area contributed by atoms with E-state index in [4.69, 9.17) is 4.74 Å². The van der Waals surface area contributed by atoms with Crippen molar-refractivity contribution < 1.29 is 23.9 Å². The molecule has 1 heterocycles. The van der Waals surface area contributed by atoms with Crippen LogP contribution in [0.3, 0.4) is 0 Å². The fourth-order valence-electron chi connectivity index (χ4n) is 2.97. The third kappa shape index (κ3) is 5.41. The van der Waals surface area contributed by atoms with Crippen molar-refractivity contribution in [1.82, 2.24) is 5.32 Å². The lowest BCUT2D eigenvalue weighted by atomic mass is 9.99. The smallest absolute Gasteiger partial charge is 0.308 e. The molecule has 0 saturated heterocycles. The molecule has 0 aromatic heterocycles. The number of benzene rings is 2. The van der Waals surface area contributed by atoms with Gasteiger partial charge in [-0.05, 0) is 42.3 Å². The average Bonchev–Trinajstić information content (AvgIpc) is 3.04. The Morgan fingerprint density at radius 1 is 1.13 bits per heavy atom. The van der Waals surface area contributed by atoms with Crippen molar-refractivity contribution in [2.45, 2.75) is 19.3 Å². The van der Waals surface area contributed by atoms with E-state index in [0.717, 1.165) is 11.1 Å². The standard InChI is InChI=1S/C23H22N2O5/c1-15-18-13-17(8-9-19(18)25-23(15)29)20(26)14-30-22(28)11-12-24-21(27)10-7-16-5-3-2-4-6-16/h2-10,13,15H,11-12,14H2,1H3,(H,24,27)(H,25,29)/b10-7+/t15-/m1/s1. The summed E-state index contributed by atoms with van der Waals surface area (Å²) in [5, 5.41) is 5.33. The van der Waals surface area contributed by atoms with Gasteiger partial charge in [-0.3, -0.25) is 19.2 Å². The second kappa shape index (κ2) is 9.65. The number of rotatable bonds is 8. The van der Waals surface area contributed by atoms with Crippen LogP contribution in [-0.2, 0) is 19.1 Å². The van der Waals surface area contributed by atoms with E-state index >= 15 is 0 Å². The number of esters is 1. The van der Waals surface area contributed by atoms with Crippen LogP contribution in [0.5, 0.6) is 0 Å². The summed E-state index contributed by atoms with van der Waals surface area (Å²) in [6, 6.07) is 14.3. The molecule has 154 valence electrons. The van der Waals surface area contributed by atoms with Crippen molar-refractivity contribution in [2.24, 2.45) is 0 Å². The molecule has 2 N–H and O–H groups in total. The molecule has 7 nitrogen and oxygen atoms in total. The molecule has 0 saturated carbocycles. The number of anilines is 1. The van der Waals surface area contributed by atoms with Gasteiger partial charge in [-0.1, -0.05) is 30.3 Å². The molecular weight excluding hydrogens is 384 g/mol. The number of fused-ring (bicyclic) bond motifs is 1. The van der Waals surface area contributed by atoms with Crippen LogP contribution in [0.2, 0.25) is 0 Å². The Balaban J connectivity index is 1.40. The SMILES string of the molecule is C[C@H]1C(=O)Nc2ccc(C(=O)COC(=O)CCNC(=O)/C=C/c3ccccc3)cc21. The summed E-state index contributed by atoms with van der Waals surface area (Å²) in [6.07, 6.45) is 3.02. The maximum absolute atomic E-state index is 12.3. The van der Waals surface area contributed by atoms with E-state index < -0.39 is 12.6 Å². The first-order chi connectivity index (χ1) is 14.4. The largest absolute Gasteiger partial charge is 0.457 e. The van der Waals surface area contributed by atoms with Gasteiger partial charge in [0.2, 0.25) is 11.8 Å². The second-order valence-electron chi connectivity index (χ2n) is 6.88. The highest BCUT2D eigenvalue weighted by atomic mass is 16.5. The molecule has 7 heteroatoms. The first-order valence-corrected chi connectivity index (χ1v) is 9.58. The summed E-state index contributed by atoms with van der Waals surface area (Å²) in [6.45, 7) is 1.48. The van der Waals surface area contributed by atoms with Crippen molar-refractivity contribution >= 4 is 35.3 Å². The zero-order chi connectivity index (χ0) is 21.5. The summed E-state index contributed by atoms with van der Waals surface area (Å²) < 4.78 is 5.00. The molecule has 0 spiro atoms. The highest BCUT2D eigenvalue weighted by Crippen LogP contribution is 2.32. The number of carbonyl (C=O) groups is 4. The van der Waals surface area contributed by atoms with Gasteiger partial charge < -0.3 is 15.4 Å². The van der Waals surface area contributed by atoms with E-state index in [9.17, 15) is 19.2 Å². The summed E-state index contributed by atoms with van der Waals surface area (Å²) >= 11 is 0. The topological polar surface area (TPSA) is 102 Å². The van der Waals surface area contributed by atoms with Gasteiger partial charge in [0.1, 0.15) is 0 Å². The van der Waals surface area contributed by atoms with Gasteiger partial charge in [0.25, 0.3) is 0 Å². The minimum absolute atomic E-state index is 0.0438. The number of ketones is 1. The van der Waals surface area contributed by atoms with Crippen molar-refractivity contribution in [3.05, 3.63) is 71.3 Å². The zero-order valence-electron chi connectivity index (χ0n) is 16.5. The Kier molecular flexibility index (Phi) is 6.75. The van der Waals surface area contributed by atoms with Crippen LogP contribution in [0, 0.1) is 0 Å². The Hall–Kier alpha value is -3.74. The number of hydrogen-bond acceptors (Lipinski definition) is 5. The molecule has 0 bridgehead atoms. The third-order valence-corrected chi connectivity index (χ3v) is 4.71. The molecular formula is C23H22N2O5. The van der Waals surface area contributed by atoms with Crippen molar-refractivity contribution in [3.63, 3.8) is 0 Å². The van der Waals surface area contributed by atoms with Gasteiger partial charge in [0.05, 0.1) is 12.3 Å². The third-order valence-electron chi connectivity index (χ3n) is 4.71. The minimum Gasteiger partial charge on any atom is -0.457 e. The van der Waals surface area contributed by atoms with E-state index in [1.54, 1.807) is 31.2 Å². The minimum atomic E-state index is -0.581. The molecule has 30 heavy (non-hydrogen) atoms. The van der Waals surface area contributed by atoms with Crippen LogP contribution >= 0.6 is 0 Å². The Bertz CT molecular complexity index is 998. The Morgan fingerprint density at radius 2 is 1.90 bits per heavy atom. The van der Waals surface area contributed by atoms with E-state index in [1.165, 1.54) is 6.08 Å². The van der Waals surface area contributed by atoms with E-state index in [1.807, 2.05) is 30.3 Å². The summed E-state index contributed by atoms with van der Waals surface area (Å²) in [7, 11) is 0. The molecule has 0 unspecified atom stereocenters. The van der Waals surface area contributed by atoms with Crippen LogP contribution in [0.4, 0.5) is 5.69 Å². The molecule has 1 aliphatic heterocycles. The lowest BCUT2D eigenvalue weighted by molar-refractivity contribution is -0.142. The Morgan fingerprint density at radius 3 is 2.67 bits per heavy atom. The lowest BCUT2D eigenvalue weighted by Gasteiger charge is -2.07. The lowest BCUT2D eigenvalue weighted by Crippen LogP contribution is -2.25. The van der Waals surface area contributed by atoms with Crippen LogP contribution in [-0.4, -0.2) is 36.7 Å². The van der Waals surface area contributed by atoms with Crippen molar-refractivity contribution in [2.75, 3.05) is 18.5 Å². The first kappa shape index (κ1) is 21.0. The van der Waals surface area contributed by atoms with Crippen LogP contribution in [0.15, 0.2) is 54.6 Å². The van der Waals surface area contributed by atoms with E-state index in [-0.39, 0.29) is 36.5 Å². The van der Waals surface area contributed by atoms with Gasteiger partial charge in [-0.2, -0.15) is 0 Å². The van der Waals surface area contributed by atoms with Crippen molar-refractivity contribution in [1.29, 1.82) is 0 Å². The van der Waals surface area contributed by atoms with Gasteiger partial charge in [0, 0.05) is 23.9 Å². The summed E-state index contributed by atoms with van der Waals surface area (Å²) in [4.78, 5) is 47.5. The number of amides is 2. The average molecular weight is 406 g/mol. The fourth-order valence-corrected chi connectivity index (χ4v) is 2.97. The maximum Gasteiger partial charge on any atom is 0.308 e. The van der Waals surface area contributed by atoms with Gasteiger partial charge >= 0.3 is 5.97 Å². The Labute approximate surface area is 174 Å². The quantitative estimate of drug-likeness (QED) is 0.399. The summed E-state index contributed by atoms with van der Waals surface area (Å²) in [5.41, 5.74) is 2.72. The molecule has 2 amide bonds. The highest BCUT2D eigenvalue weighted by Gasteiger charge is 2.27. The van der Waals surface area contributed by atoms with Crippen molar-refractivity contribution in [3.8, 4) is 0 Å². The predicted molar refractivity (Wildman–Crippen MR) is 112 cm³/mol. The number of Topliss-reactive ketones (excluding diaryl/α,β-unsaturated/α-hetero) is 1. The molecule has 2 aromatic rings. The molecule has 2 aromatic carbocycles. The molecule has 1 atom stereocenters. The number of hydrogen-bond donors (Lipinski definition) is 2. The fraction of sp³-hybridized carbons (Fsp3) is 0.217. The number of ether oxygens (including phenoxy) is 1. The first-order valence-electron chi connectivity index (χ1n) is 9.58. The monoisotopic (exact) mass is 406 g/mol. The number of nitrogens with one attached hydrogen (secondary N) is 2. The molecule has 3 rings (SSSR count). The maximum atomic E-state index is 12.3. The number of carbonyl (C=O) groups excluding carboxylic acids is 4. The van der Waals surface area contributed by atoms with Gasteiger partial charge in [-0.15, -0.1) is 0 Å². The normalized spacial score (nSPS) is 14.8. The molecule has 1 aliphatic rings. The summed E-state index contributed by atoms with van der Waals surface area (Å²) in [5.74, 6) is -1.69. The van der Waals surface area contributed by atoms with Crippen LogP contribution in [0.25, 0.3) is 6.08 Å². The van der Waals surface area contributed by atoms with Gasteiger partial charge in [-0.25, -0.2) is 0 Å². The predicted octanol–water partition coefficient (Wildman–Crippen LogP) is 2.69. The van der Waals surface area contributed by atoms with Crippen LogP contribution in [0.1, 0.15) is 40.7 Å². The van der Waals surface area contributed by atoms with Crippen LogP contribution < -0.4 is 10.6 Å². The highest BCUT2D eigenvalue weighted by molar-refractivity contribution is 6.05. The molecule has 0 radical (unpaired) electrons. The van der Waals surface area contributed by atoms with Gasteiger partial charge in [0.15, 0.2) is 12.4 Å². The second-order valence-corrected chi connectivity index (χ2v) is 6.88. The molecule has 0 aliphatic carbocycles. The molecule has 0 fully saturated rings.